The summed E-state index contributed by atoms with van der Waals surface area (Å²) in [4.78, 5) is 0. The molecule has 6 heteroatoms. The molecule has 1 aromatic carbocycles. The Balaban J connectivity index is 2.12. The number of nitrogens with zero attached hydrogens (tertiary/aromatic N) is 1. The van der Waals surface area contributed by atoms with Crippen molar-refractivity contribution in [1.29, 1.82) is 0 Å². The molecule has 2 rings (SSSR count). The van der Waals surface area contributed by atoms with E-state index in [4.69, 9.17) is 18.7 Å². The van der Waals surface area contributed by atoms with Gasteiger partial charge in [0, 0.05) is 31.3 Å². The van der Waals surface area contributed by atoms with E-state index >= 15 is 0 Å². The van der Waals surface area contributed by atoms with Gasteiger partial charge in [-0.1, -0.05) is 5.16 Å². The SMILES string of the molecule is COc1cc(OC)c(CNCc2ccon2)c(OC)c1. The summed E-state index contributed by atoms with van der Waals surface area (Å²) in [5.41, 5.74) is 1.77. The van der Waals surface area contributed by atoms with E-state index in [1.807, 2.05) is 18.2 Å². The quantitative estimate of drug-likeness (QED) is 0.835. The summed E-state index contributed by atoms with van der Waals surface area (Å²) in [6.07, 6.45) is 1.55. The summed E-state index contributed by atoms with van der Waals surface area (Å²) in [6, 6.07) is 5.47. The lowest BCUT2D eigenvalue weighted by Crippen LogP contribution is -2.14. The van der Waals surface area contributed by atoms with Crippen molar-refractivity contribution in [1.82, 2.24) is 10.5 Å². The lowest BCUT2D eigenvalue weighted by molar-refractivity contribution is 0.366. The maximum Gasteiger partial charge on any atom is 0.130 e. The second-order valence-electron chi connectivity index (χ2n) is 4.10. The molecule has 0 aliphatic heterocycles. The van der Waals surface area contributed by atoms with Crippen LogP contribution in [0.25, 0.3) is 0 Å². The molecule has 1 aromatic heterocycles. The van der Waals surface area contributed by atoms with Gasteiger partial charge in [0.1, 0.15) is 23.5 Å². The molecule has 6 nitrogen and oxygen atoms in total. The lowest BCUT2D eigenvalue weighted by atomic mass is 10.1. The standard InChI is InChI=1S/C14H18N2O4/c1-17-11-6-13(18-2)12(14(7-11)19-3)9-15-8-10-4-5-20-16-10/h4-7,15H,8-9H2,1-3H3. The molecule has 0 unspecified atom stereocenters. The van der Waals surface area contributed by atoms with Crippen molar-refractivity contribution in [3.63, 3.8) is 0 Å². The molecule has 0 atom stereocenters. The Morgan fingerprint density at radius 2 is 1.75 bits per heavy atom. The maximum atomic E-state index is 5.38. The minimum Gasteiger partial charge on any atom is -0.496 e. The average Bonchev–Trinajstić information content (AvgIpc) is 3.00. The van der Waals surface area contributed by atoms with Crippen LogP contribution in [0, 0.1) is 0 Å². The van der Waals surface area contributed by atoms with Crippen molar-refractivity contribution >= 4 is 0 Å². The monoisotopic (exact) mass is 278 g/mol. The number of hydrogen-bond donors (Lipinski definition) is 1. The van der Waals surface area contributed by atoms with E-state index in [1.165, 1.54) is 0 Å². The van der Waals surface area contributed by atoms with E-state index in [0.717, 1.165) is 11.3 Å². The number of hydrogen-bond acceptors (Lipinski definition) is 6. The molecule has 2 aromatic rings. The van der Waals surface area contributed by atoms with Gasteiger partial charge in [-0.2, -0.15) is 0 Å². The van der Waals surface area contributed by atoms with Gasteiger partial charge in [0.05, 0.1) is 32.6 Å². The molecule has 108 valence electrons. The highest BCUT2D eigenvalue weighted by atomic mass is 16.5. The Morgan fingerprint density at radius 3 is 2.25 bits per heavy atom. The molecule has 20 heavy (non-hydrogen) atoms. The Kier molecular flexibility index (Phi) is 4.84. The van der Waals surface area contributed by atoms with Crippen LogP contribution >= 0.6 is 0 Å². The Morgan fingerprint density at radius 1 is 1.05 bits per heavy atom. The second kappa shape index (κ2) is 6.81. The fraction of sp³-hybridized carbons (Fsp3) is 0.357. The second-order valence-corrected chi connectivity index (χ2v) is 4.10. The van der Waals surface area contributed by atoms with Gasteiger partial charge < -0.3 is 24.1 Å². The number of benzene rings is 1. The number of rotatable bonds is 7. The zero-order chi connectivity index (χ0) is 14.4. The summed E-state index contributed by atoms with van der Waals surface area (Å²) >= 11 is 0. The van der Waals surface area contributed by atoms with Gasteiger partial charge in [0.2, 0.25) is 0 Å². The molecule has 0 bridgehead atoms. The summed E-state index contributed by atoms with van der Waals surface area (Å²) in [5, 5.41) is 7.11. The first kappa shape index (κ1) is 14.2. The smallest absolute Gasteiger partial charge is 0.130 e. The average molecular weight is 278 g/mol. The molecule has 0 aliphatic rings. The third-order valence-electron chi connectivity index (χ3n) is 2.92. The number of nitrogens with one attached hydrogen (secondary N) is 1. The predicted molar refractivity (Wildman–Crippen MR) is 73.1 cm³/mol. The number of aromatic nitrogens is 1. The van der Waals surface area contributed by atoms with Crippen molar-refractivity contribution < 1.29 is 18.7 Å². The van der Waals surface area contributed by atoms with Crippen molar-refractivity contribution in [2.45, 2.75) is 13.1 Å². The normalized spacial score (nSPS) is 10.3. The summed E-state index contributed by atoms with van der Waals surface area (Å²) in [5.74, 6) is 2.13. The van der Waals surface area contributed by atoms with Crippen molar-refractivity contribution in [3.05, 3.63) is 35.7 Å². The Labute approximate surface area is 117 Å². The van der Waals surface area contributed by atoms with Crippen molar-refractivity contribution in [3.8, 4) is 17.2 Å². The van der Waals surface area contributed by atoms with Gasteiger partial charge in [0.15, 0.2) is 0 Å². The predicted octanol–water partition coefficient (Wildman–Crippen LogP) is 1.99. The van der Waals surface area contributed by atoms with E-state index in [-0.39, 0.29) is 0 Å². The molecular formula is C14H18N2O4. The van der Waals surface area contributed by atoms with Gasteiger partial charge >= 0.3 is 0 Å². The molecule has 0 amide bonds. The molecule has 0 radical (unpaired) electrons. The zero-order valence-corrected chi connectivity index (χ0v) is 11.8. The van der Waals surface area contributed by atoms with E-state index in [9.17, 15) is 0 Å². The highest BCUT2D eigenvalue weighted by molar-refractivity contribution is 5.50. The molecule has 0 saturated carbocycles. The van der Waals surface area contributed by atoms with E-state index < -0.39 is 0 Å². The first-order valence-electron chi connectivity index (χ1n) is 6.17. The highest BCUT2D eigenvalue weighted by Gasteiger charge is 2.13. The summed E-state index contributed by atoms with van der Waals surface area (Å²) in [7, 11) is 4.85. The van der Waals surface area contributed by atoms with Crippen molar-refractivity contribution in [2.75, 3.05) is 21.3 Å². The van der Waals surface area contributed by atoms with Gasteiger partial charge in [-0.3, -0.25) is 0 Å². The van der Waals surface area contributed by atoms with Crippen LogP contribution in [0.1, 0.15) is 11.3 Å². The topological polar surface area (TPSA) is 65.8 Å². The number of ether oxygens (including phenoxy) is 3. The number of methoxy groups -OCH3 is 3. The van der Waals surface area contributed by atoms with Crippen molar-refractivity contribution in [2.24, 2.45) is 0 Å². The molecular weight excluding hydrogens is 260 g/mol. The molecule has 1 heterocycles. The van der Waals surface area contributed by atoms with Crippen LogP contribution in [0.2, 0.25) is 0 Å². The Hall–Kier alpha value is -2.21. The van der Waals surface area contributed by atoms with Gasteiger partial charge in [-0.05, 0) is 0 Å². The molecule has 0 aliphatic carbocycles. The van der Waals surface area contributed by atoms with Gasteiger partial charge in [0.25, 0.3) is 0 Å². The maximum absolute atomic E-state index is 5.38. The Bertz CT molecular complexity index is 515. The third kappa shape index (κ3) is 3.21. The molecule has 0 saturated heterocycles. The summed E-state index contributed by atoms with van der Waals surface area (Å²) in [6.45, 7) is 1.19. The summed E-state index contributed by atoms with van der Waals surface area (Å²) < 4.78 is 20.8. The third-order valence-corrected chi connectivity index (χ3v) is 2.92. The van der Waals surface area contributed by atoms with Crippen LogP contribution in [0.15, 0.2) is 29.0 Å². The lowest BCUT2D eigenvalue weighted by Gasteiger charge is -2.15. The molecule has 0 spiro atoms. The van der Waals surface area contributed by atoms with Crippen LogP contribution in [0.3, 0.4) is 0 Å². The van der Waals surface area contributed by atoms with Crippen LogP contribution in [0.4, 0.5) is 0 Å². The largest absolute Gasteiger partial charge is 0.496 e. The fourth-order valence-corrected chi connectivity index (χ4v) is 1.90. The van der Waals surface area contributed by atoms with Crippen LogP contribution in [0.5, 0.6) is 17.2 Å². The minimum absolute atomic E-state index is 0.587. The van der Waals surface area contributed by atoms with Crippen LogP contribution < -0.4 is 19.5 Å². The first-order chi connectivity index (χ1) is 9.78. The van der Waals surface area contributed by atoms with Crippen LogP contribution in [-0.4, -0.2) is 26.5 Å². The van der Waals surface area contributed by atoms with Gasteiger partial charge in [-0.15, -0.1) is 0 Å². The minimum atomic E-state index is 0.587. The van der Waals surface area contributed by atoms with E-state index in [0.29, 0.717) is 30.3 Å². The fourth-order valence-electron chi connectivity index (χ4n) is 1.90. The highest BCUT2D eigenvalue weighted by Crippen LogP contribution is 2.33. The van der Waals surface area contributed by atoms with E-state index in [2.05, 4.69) is 10.5 Å². The first-order valence-corrected chi connectivity index (χ1v) is 6.17. The van der Waals surface area contributed by atoms with E-state index in [1.54, 1.807) is 27.6 Å². The molecule has 1 N–H and O–H groups in total. The molecule has 0 fully saturated rings. The van der Waals surface area contributed by atoms with Gasteiger partial charge in [-0.25, -0.2) is 0 Å². The van der Waals surface area contributed by atoms with Crippen LogP contribution in [-0.2, 0) is 13.1 Å². The zero-order valence-electron chi connectivity index (χ0n) is 11.8.